The van der Waals surface area contributed by atoms with Crippen LogP contribution in [-0.2, 0) is 19.7 Å². The molecule has 0 unspecified atom stereocenters. The predicted octanol–water partition coefficient (Wildman–Crippen LogP) is -0.0569. The Kier molecular flexibility index (Phi) is 5.63. The molecule has 0 aliphatic heterocycles. The van der Waals surface area contributed by atoms with E-state index in [-0.39, 0.29) is 6.79 Å². The molecule has 0 aliphatic rings. The maximum atomic E-state index is 7.53. The summed E-state index contributed by atoms with van der Waals surface area (Å²) < 4.78 is 0. The Bertz CT molecular complexity index is 25.3. The average molecular weight is 110 g/mol. The third kappa shape index (κ3) is 5.80. The molecule has 0 bridgehead atoms. The molecule has 1 N–H and O–H groups in total. The maximum absolute atomic E-state index is 7.53. The lowest BCUT2D eigenvalue weighted by molar-refractivity contribution is -0.536. The van der Waals surface area contributed by atoms with Crippen LogP contribution >= 0.6 is 0 Å². The third-order valence-corrected chi connectivity index (χ3v) is 0.217. The summed E-state index contributed by atoms with van der Waals surface area (Å²) in [7, 11) is 1.26. The van der Waals surface area contributed by atoms with Crippen LogP contribution in [0.2, 0.25) is 0 Å². The smallest absolute Gasteiger partial charge is 0.217 e. The van der Waals surface area contributed by atoms with E-state index in [1.54, 1.807) is 0 Å². The van der Waals surface area contributed by atoms with Crippen molar-refractivity contribution in [2.45, 2.75) is 0 Å². The third-order valence-electron chi connectivity index (χ3n) is 0.217. The van der Waals surface area contributed by atoms with Gasteiger partial charge in [0, 0.05) is 0 Å². The lowest BCUT2D eigenvalue weighted by Gasteiger charge is -1.93. The first kappa shape index (κ1) is 6.80. The van der Waals surface area contributed by atoms with Gasteiger partial charge in [-0.05, 0) is 0 Å². The summed E-state index contributed by atoms with van der Waals surface area (Å²) in [6.07, 6.45) is 0. The van der Waals surface area contributed by atoms with Gasteiger partial charge in [-0.25, -0.2) is 15.0 Å². The van der Waals surface area contributed by atoms with Crippen LogP contribution in [0, 0.1) is 0 Å². The Morgan fingerprint density at radius 2 is 2.29 bits per heavy atom. The first-order chi connectivity index (χ1) is 3.41. The summed E-state index contributed by atoms with van der Waals surface area (Å²) >= 11 is 0. The number of hydrogen-bond donors (Lipinski definition) is 1. The van der Waals surface area contributed by atoms with E-state index in [0.717, 1.165) is 0 Å². The van der Waals surface area contributed by atoms with Crippen LogP contribution in [0.25, 0.3) is 0 Å². The fraction of sp³-hybridized carbons (Fsp3) is 1.00. The minimum Gasteiger partial charge on any atom is -0.249 e. The molecule has 5 heteroatoms. The van der Waals surface area contributed by atoms with Crippen LogP contribution in [-0.4, -0.2) is 19.2 Å². The highest BCUT2D eigenvalue weighted by molar-refractivity contribution is 3.68. The van der Waals surface area contributed by atoms with Gasteiger partial charge in [0.15, 0.2) is 0 Å². The Hall–Kier alpha value is -0.200. The number of hydrogen-bond acceptors (Lipinski definition) is 5. The quantitative estimate of drug-likeness (QED) is 0.238. The van der Waals surface area contributed by atoms with Gasteiger partial charge in [-0.1, -0.05) is 5.04 Å². The highest BCUT2D eigenvalue weighted by atomic mass is 17.5. The lowest BCUT2D eigenvalue weighted by atomic mass is 11.5. The lowest BCUT2D eigenvalue weighted by Crippen LogP contribution is -1.96. The molecule has 0 saturated carbocycles. The van der Waals surface area contributed by atoms with Crippen molar-refractivity contribution in [2.75, 3.05) is 13.9 Å². The maximum Gasteiger partial charge on any atom is 0.217 e. The van der Waals surface area contributed by atoms with Crippen molar-refractivity contribution in [2.24, 2.45) is 0 Å². The van der Waals surface area contributed by atoms with Crippen molar-refractivity contribution in [3.63, 3.8) is 0 Å². The molecule has 0 aliphatic carbocycles. The largest absolute Gasteiger partial charge is 0.249 e. The predicted molar refractivity (Wildman–Crippen MR) is 17.8 cm³/mol. The van der Waals surface area contributed by atoms with Crippen molar-refractivity contribution >= 4 is 0 Å². The van der Waals surface area contributed by atoms with Gasteiger partial charge >= 0.3 is 0 Å². The first-order valence-corrected chi connectivity index (χ1v) is 1.50. The van der Waals surface area contributed by atoms with Crippen LogP contribution in [0.15, 0.2) is 0 Å². The van der Waals surface area contributed by atoms with Crippen LogP contribution in [0.3, 0.4) is 0 Å². The molecular weight excluding hydrogens is 104 g/mol. The van der Waals surface area contributed by atoms with Gasteiger partial charge in [-0.3, -0.25) is 0 Å². The zero-order valence-electron chi connectivity index (χ0n) is 3.79. The Morgan fingerprint density at radius 1 is 1.57 bits per heavy atom. The van der Waals surface area contributed by atoms with E-state index in [4.69, 9.17) is 5.26 Å². The standard InChI is InChI=1S/C2H6O5/c1-4-7-6-2-5-3/h3H,2H2,1H3. The molecule has 0 saturated heterocycles. The molecule has 7 heavy (non-hydrogen) atoms. The van der Waals surface area contributed by atoms with Gasteiger partial charge in [-0.15, -0.1) is 0 Å². The van der Waals surface area contributed by atoms with E-state index in [2.05, 4.69) is 19.7 Å². The Balaban J connectivity index is 2.45. The van der Waals surface area contributed by atoms with Crippen LogP contribution < -0.4 is 0 Å². The zero-order chi connectivity index (χ0) is 5.54. The van der Waals surface area contributed by atoms with E-state index in [1.165, 1.54) is 7.11 Å². The molecule has 0 amide bonds. The fourth-order valence-corrected chi connectivity index (χ4v) is 0.0893. The van der Waals surface area contributed by atoms with Crippen molar-refractivity contribution in [1.29, 1.82) is 0 Å². The first-order valence-electron chi connectivity index (χ1n) is 1.50. The molecule has 0 fully saturated rings. The molecule has 0 atom stereocenters. The topological polar surface area (TPSA) is 57.2 Å². The zero-order valence-corrected chi connectivity index (χ0v) is 3.79. The van der Waals surface area contributed by atoms with Crippen LogP contribution in [0.1, 0.15) is 0 Å². The van der Waals surface area contributed by atoms with Crippen molar-refractivity contribution in [3.8, 4) is 0 Å². The Morgan fingerprint density at radius 3 is 2.71 bits per heavy atom. The van der Waals surface area contributed by atoms with Gasteiger partial charge in [0.05, 0.1) is 7.11 Å². The molecule has 0 aromatic rings. The second kappa shape index (κ2) is 5.80. The number of rotatable bonds is 4. The van der Waals surface area contributed by atoms with Gasteiger partial charge in [0.25, 0.3) is 0 Å². The van der Waals surface area contributed by atoms with Crippen LogP contribution in [0.4, 0.5) is 0 Å². The Labute approximate surface area is 40.1 Å². The van der Waals surface area contributed by atoms with Gasteiger partial charge in [-0.2, -0.15) is 4.89 Å². The highest BCUT2D eigenvalue weighted by Crippen LogP contribution is 1.74. The molecule has 5 nitrogen and oxygen atoms in total. The SMILES string of the molecule is COOOCOO. The molecule has 0 heterocycles. The monoisotopic (exact) mass is 110 g/mol. The van der Waals surface area contributed by atoms with Crippen molar-refractivity contribution in [1.82, 2.24) is 0 Å². The highest BCUT2D eigenvalue weighted by Gasteiger charge is 1.79. The van der Waals surface area contributed by atoms with E-state index < -0.39 is 0 Å². The summed E-state index contributed by atoms with van der Waals surface area (Å²) in [6, 6.07) is 0. The average Bonchev–Trinajstić information content (AvgIpc) is 1.69. The van der Waals surface area contributed by atoms with Gasteiger partial charge < -0.3 is 0 Å². The molecule has 0 rings (SSSR count). The van der Waals surface area contributed by atoms with E-state index in [1.807, 2.05) is 0 Å². The van der Waals surface area contributed by atoms with Crippen molar-refractivity contribution < 1.29 is 25.0 Å². The minimum absolute atomic E-state index is 0.367. The summed E-state index contributed by atoms with van der Waals surface area (Å²) in [6.45, 7) is -0.367. The minimum atomic E-state index is -0.367. The van der Waals surface area contributed by atoms with E-state index in [9.17, 15) is 0 Å². The molecule has 0 aromatic carbocycles. The summed E-state index contributed by atoms with van der Waals surface area (Å²) in [5.41, 5.74) is 0. The molecule has 44 valence electrons. The summed E-state index contributed by atoms with van der Waals surface area (Å²) in [5, 5.41) is 11.3. The van der Waals surface area contributed by atoms with Crippen LogP contribution in [0.5, 0.6) is 0 Å². The molecular formula is C2H6O5. The summed E-state index contributed by atoms with van der Waals surface area (Å²) in [4.78, 5) is 11.3. The molecule has 0 radical (unpaired) electrons. The summed E-state index contributed by atoms with van der Waals surface area (Å²) in [5.74, 6) is 0. The van der Waals surface area contributed by atoms with Crippen molar-refractivity contribution in [3.05, 3.63) is 0 Å². The molecule has 0 aromatic heterocycles. The normalized spacial score (nSPS) is 9.43. The fourth-order valence-electron chi connectivity index (χ4n) is 0.0893. The van der Waals surface area contributed by atoms with E-state index >= 15 is 0 Å². The van der Waals surface area contributed by atoms with Gasteiger partial charge in [0.2, 0.25) is 6.79 Å². The van der Waals surface area contributed by atoms with Gasteiger partial charge in [0.1, 0.15) is 0 Å². The second-order valence-electron chi connectivity index (χ2n) is 0.600. The van der Waals surface area contributed by atoms with E-state index in [0.29, 0.717) is 0 Å². The molecule has 0 spiro atoms. The second-order valence-corrected chi connectivity index (χ2v) is 0.600.